The number of nitrogens with two attached hydrogens (primary N) is 1. The number of carbonyl (C=O) groups excluding carboxylic acids is 1. The van der Waals surface area contributed by atoms with Gasteiger partial charge in [0.2, 0.25) is 0 Å². The van der Waals surface area contributed by atoms with Gasteiger partial charge in [-0.05, 0) is 6.07 Å². The minimum absolute atomic E-state index is 0.194. The monoisotopic (exact) mass is 199 g/mol. The number of methoxy groups -OCH3 is 1. The Labute approximate surface area is 79.7 Å². The number of ether oxygens (including phenoxy) is 1. The summed E-state index contributed by atoms with van der Waals surface area (Å²) in [6.45, 7) is 0. The van der Waals surface area contributed by atoms with E-state index >= 15 is 0 Å². The largest absolute Gasteiger partial charge is 0.468 e. The number of carbonyl (C=O) groups is 1. The minimum atomic E-state index is -0.309. The summed E-state index contributed by atoms with van der Waals surface area (Å²) in [5.41, 5.74) is 5.42. The SMILES string of the molecule is COC(=O)CSc1nccc(N)n1. The van der Waals surface area contributed by atoms with Crippen molar-refractivity contribution in [3.63, 3.8) is 0 Å². The second kappa shape index (κ2) is 4.66. The molecule has 0 saturated heterocycles. The normalized spacial score (nSPS) is 9.62. The molecule has 5 nitrogen and oxygen atoms in total. The van der Waals surface area contributed by atoms with Crippen molar-refractivity contribution >= 4 is 23.5 Å². The Kier molecular flexibility index (Phi) is 3.51. The van der Waals surface area contributed by atoms with Crippen LogP contribution in [0.25, 0.3) is 0 Å². The first-order valence-corrected chi connectivity index (χ1v) is 4.49. The zero-order valence-electron chi connectivity index (χ0n) is 7.06. The van der Waals surface area contributed by atoms with E-state index in [0.29, 0.717) is 11.0 Å². The van der Waals surface area contributed by atoms with Gasteiger partial charge in [0.05, 0.1) is 12.9 Å². The van der Waals surface area contributed by atoms with Gasteiger partial charge < -0.3 is 10.5 Å². The first-order valence-electron chi connectivity index (χ1n) is 3.50. The lowest BCUT2D eigenvalue weighted by atomic mass is 10.6. The van der Waals surface area contributed by atoms with E-state index in [2.05, 4.69) is 14.7 Å². The summed E-state index contributed by atoms with van der Waals surface area (Å²) >= 11 is 1.19. The molecule has 0 aliphatic heterocycles. The van der Waals surface area contributed by atoms with Gasteiger partial charge in [0.25, 0.3) is 0 Å². The van der Waals surface area contributed by atoms with Crippen LogP contribution in [0.1, 0.15) is 0 Å². The van der Waals surface area contributed by atoms with Gasteiger partial charge >= 0.3 is 5.97 Å². The molecular formula is C7H9N3O2S. The fourth-order valence-corrected chi connectivity index (χ4v) is 1.28. The molecule has 6 heteroatoms. The lowest BCUT2D eigenvalue weighted by Crippen LogP contribution is -2.04. The zero-order valence-corrected chi connectivity index (χ0v) is 7.87. The van der Waals surface area contributed by atoms with Crippen molar-refractivity contribution < 1.29 is 9.53 Å². The number of hydrogen-bond acceptors (Lipinski definition) is 6. The fraction of sp³-hybridized carbons (Fsp3) is 0.286. The molecule has 2 N–H and O–H groups in total. The van der Waals surface area contributed by atoms with Gasteiger partial charge in [-0.15, -0.1) is 0 Å². The van der Waals surface area contributed by atoms with Crippen LogP contribution in [0.2, 0.25) is 0 Å². The standard InChI is InChI=1S/C7H9N3O2S/c1-12-6(11)4-13-7-9-3-2-5(8)10-7/h2-3H,4H2,1H3,(H2,8,9,10). The van der Waals surface area contributed by atoms with E-state index in [9.17, 15) is 4.79 Å². The van der Waals surface area contributed by atoms with Crippen LogP contribution in [0.5, 0.6) is 0 Å². The molecule has 1 aromatic rings. The maximum absolute atomic E-state index is 10.7. The van der Waals surface area contributed by atoms with Crippen LogP contribution >= 0.6 is 11.8 Å². The highest BCUT2D eigenvalue weighted by Gasteiger charge is 2.03. The number of rotatable bonds is 3. The third kappa shape index (κ3) is 3.29. The van der Waals surface area contributed by atoms with Crippen LogP contribution in [0.3, 0.4) is 0 Å². The summed E-state index contributed by atoms with van der Waals surface area (Å²) in [5.74, 6) is 0.276. The molecule has 1 heterocycles. The molecule has 0 radical (unpaired) electrons. The van der Waals surface area contributed by atoms with Gasteiger partial charge in [-0.2, -0.15) is 0 Å². The van der Waals surface area contributed by atoms with Crippen LogP contribution in [0.4, 0.5) is 5.82 Å². The number of hydrogen-bond donors (Lipinski definition) is 1. The molecule has 0 saturated carbocycles. The molecule has 0 amide bonds. The van der Waals surface area contributed by atoms with Crippen molar-refractivity contribution in [1.29, 1.82) is 0 Å². The van der Waals surface area contributed by atoms with Gasteiger partial charge in [-0.25, -0.2) is 9.97 Å². The molecule has 1 rings (SSSR count). The highest BCUT2D eigenvalue weighted by atomic mass is 32.2. The Morgan fingerprint density at radius 3 is 3.15 bits per heavy atom. The van der Waals surface area contributed by atoms with E-state index in [1.807, 2.05) is 0 Å². The Morgan fingerprint density at radius 1 is 1.77 bits per heavy atom. The quantitative estimate of drug-likeness (QED) is 0.429. The smallest absolute Gasteiger partial charge is 0.316 e. The molecule has 13 heavy (non-hydrogen) atoms. The van der Waals surface area contributed by atoms with Crippen LogP contribution in [0, 0.1) is 0 Å². The first kappa shape index (κ1) is 9.79. The Hall–Kier alpha value is -1.30. The summed E-state index contributed by atoms with van der Waals surface area (Å²) in [7, 11) is 1.34. The van der Waals surface area contributed by atoms with E-state index in [1.54, 1.807) is 12.3 Å². The second-order valence-corrected chi connectivity index (χ2v) is 3.07. The first-order chi connectivity index (χ1) is 6.22. The molecule has 0 aromatic carbocycles. The fourth-order valence-electron chi connectivity index (χ4n) is 0.606. The Balaban J connectivity index is 2.50. The molecular weight excluding hydrogens is 190 g/mol. The molecule has 0 fully saturated rings. The Morgan fingerprint density at radius 2 is 2.54 bits per heavy atom. The number of aromatic nitrogens is 2. The average molecular weight is 199 g/mol. The number of thioether (sulfide) groups is 1. The van der Waals surface area contributed by atoms with Gasteiger partial charge in [0.1, 0.15) is 5.82 Å². The van der Waals surface area contributed by atoms with E-state index in [1.165, 1.54) is 18.9 Å². The Bertz CT molecular complexity index is 306. The lowest BCUT2D eigenvalue weighted by Gasteiger charge is -1.98. The van der Waals surface area contributed by atoms with Crippen molar-refractivity contribution in [2.75, 3.05) is 18.6 Å². The minimum Gasteiger partial charge on any atom is -0.468 e. The van der Waals surface area contributed by atoms with Gasteiger partial charge in [-0.3, -0.25) is 4.79 Å². The van der Waals surface area contributed by atoms with Crippen molar-refractivity contribution in [1.82, 2.24) is 9.97 Å². The van der Waals surface area contributed by atoms with Gasteiger partial charge in [0.15, 0.2) is 5.16 Å². The second-order valence-electron chi connectivity index (χ2n) is 2.13. The molecule has 0 unspecified atom stereocenters. The summed E-state index contributed by atoms with van der Waals surface area (Å²) in [6, 6.07) is 1.59. The molecule has 0 bridgehead atoms. The predicted octanol–water partition coefficient (Wildman–Crippen LogP) is 0.324. The summed E-state index contributed by atoms with van der Waals surface area (Å²) in [6.07, 6.45) is 1.54. The van der Waals surface area contributed by atoms with Crippen LogP contribution < -0.4 is 5.73 Å². The van der Waals surface area contributed by atoms with E-state index in [0.717, 1.165) is 0 Å². The van der Waals surface area contributed by atoms with Crippen LogP contribution in [-0.2, 0) is 9.53 Å². The molecule has 0 atom stereocenters. The van der Waals surface area contributed by atoms with E-state index in [4.69, 9.17) is 5.73 Å². The summed E-state index contributed by atoms with van der Waals surface area (Å²) in [4.78, 5) is 18.6. The zero-order chi connectivity index (χ0) is 9.68. The van der Waals surface area contributed by atoms with Crippen molar-refractivity contribution in [2.45, 2.75) is 5.16 Å². The predicted molar refractivity (Wildman–Crippen MR) is 49.2 cm³/mol. The maximum atomic E-state index is 10.7. The molecule has 0 spiro atoms. The van der Waals surface area contributed by atoms with Crippen LogP contribution in [0.15, 0.2) is 17.4 Å². The van der Waals surface area contributed by atoms with Crippen molar-refractivity contribution in [3.05, 3.63) is 12.3 Å². The van der Waals surface area contributed by atoms with Crippen molar-refractivity contribution in [2.24, 2.45) is 0 Å². The van der Waals surface area contributed by atoms with Gasteiger partial charge in [-0.1, -0.05) is 11.8 Å². The van der Waals surface area contributed by atoms with Crippen LogP contribution in [-0.4, -0.2) is 28.8 Å². The summed E-state index contributed by atoms with van der Waals surface area (Å²) in [5, 5.41) is 0.477. The third-order valence-corrected chi connectivity index (χ3v) is 2.04. The lowest BCUT2D eigenvalue weighted by molar-refractivity contribution is -0.137. The number of nitrogens with zero attached hydrogens (tertiary/aromatic N) is 2. The maximum Gasteiger partial charge on any atom is 0.316 e. The highest BCUT2D eigenvalue weighted by molar-refractivity contribution is 7.99. The molecule has 1 aromatic heterocycles. The average Bonchev–Trinajstić information content (AvgIpc) is 2.14. The number of anilines is 1. The third-order valence-electron chi connectivity index (χ3n) is 1.20. The molecule has 0 aliphatic carbocycles. The number of nitrogen functional groups attached to an aromatic ring is 1. The van der Waals surface area contributed by atoms with Crippen molar-refractivity contribution in [3.8, 4) is 0 Å². The van der Waals surface area contributed by atoms with E-state index in [-0.39, 0.29) is 11.7 Å². The molecule has 70 valence electrons. The number of esters is 1. The molecule has 0 aliphatic rings. The summed E-state index contributed by atoms with van der Waals surface area (Å²) < 4.78 is 4.46. The highest BCUT2D eigenvalue weighted by Crippen LogP contribution is 2.12. The topological polar surface area (TPSA) is 78.1 Å². The van der Waals surface area contributed by atoms with Gasteiger partial charge in [0, 0.05) is 6.20 Å². The van der Waals surface area contributed by atoms with E-state index < -0.39 is 0 Å².